The van der Waals surface area contributed by atoms with E-state index in [9.17, 15) is 5.26 Å². The summed E-state index contributed by atoms with van der Waals surface area (Å²) in [6.07, 6.45) is 1.69. The first kappa shape index (κ1) is 18.4. The Bertz CT molecular complexity index is 1120. The molecule has 29 heavy (non-hydrogen) atoms. The first-order valence-corrected chi connectivity index (χ1v) is 9.06. The number of nitriles is 1. The first-order valence-electron chi connectivity index (χ1n) is 9.06. The maximum atomic E-state index is 9.88. The molecule has 0 bridgehead atoms. The van der Waals surface area contributed by atoms with Gasteiger partial charge in [-0.1, -0.05) is 18.2 Å². The Morgan fingerprint density at radius 3 is 2.83 bits per heavy atom. The van der Waals surface area contributed by atoms with E-state index in [0.29, 0.717) is 40.9 Å². The summed E-state index contributed by atoms with van der Waals surface area (Å²) in [6.45, 7) is 2.32. The van der Waals surface area contributed by atoms with Gasteiger partial charge in [0.05, 0.1) is 36.6 Å². The third-order valence-electron chi connectivity index (χ3n) is 4.69. The van der Waals surface area contributed by atoms with Crippen molar-refractivity contribution in [2.45, 2.75) is 12.8 Å². The molecule has 0 unspecified atom stereocenters. The van der Waals surface area contributed by atoms with Crippen molar-refractivity contribution in [1.29, 1.82) is 5.26 Å². The maximum Gasteiger partial charge on any atom is 0.244 e. The van der Waals surface area contributed by atoms with Crippen molar-refractivity contribution >= 4 is 0 Å². The van der Waals surface area contributed by atoms with E-state index in [4.69, 9.17) is 19.9 Å². The van der Waals surface area contributed by atoms with Crippen LogP contribution in [0.4, 0.5) is 0 Å². The van der Waals surface area contributed by atoms with Gasteiger partial charge in [-0.25, -0.2) is 0 Å². The van der Waals surface area contributed by atoms with E-state index >= 15 is 0 Å². The van der Waals surface area contributed by atoms with Crippen molar-refractivity contribution in [1.82, 2.24) is 15.2 Å². The summed E-state index contributed by atoms with van der Waals surface area (Å²) in [4.78, 5) is 4.41. The quantitative estimate of drug-likeness (QED) is 0.688. The second-order valence-corrected chi connectivity index (χ2v) is 6.27. The predicted molar refractivity (Wildman–Crippen MR) is 105 cm³/mol. The summed E-state index contributed by atoms with van der Waals surface area (Å²) >= 11 is 0. The number of fused-ring (bicyclic) bond motifs is 1. The van der Waals surface area contributed by atoms with Crippen LogP contribution in [0, 0.1) is 11.3 Å². The van der Waals surface area contributed by atoms with Crippen molar-refractivity contribution in [3.8, 4) is 34.8 Å². The second-order valence-electron chi connectivity index (χ2n) is 6.27. The zero-order valence-electron chi connectivity index (χ0n) is 16.0. The number of para-hydroxylation sites is 1. The van der Waals surface area contributed by atoms with Crippen LogP contribution >= 0.6 is 0 Å². The number of methoxy groups -OCH3 is 1. The van der Waals surface area contributed by atoms with Crippen molar-refractivity contribution in [3.05, 3.63) is 65.2 Å². The number of nitrogens with two attached hydrogens (primary N) is 1. The van der Waals surface area contributed by atoms with Gasteiger partial charge in [-0.05, 0) is 25.1 Å². The minimum absolute atomic E-state index is 0.00865. The third kappa shape index (κ3) is 3.02. The largest absolute Gasteiger partial charge is 0.493 e. The molecule has 0 fully saturated rings. The number of hydrogen-bond donors (Lipinski definition) is 2. The van der Waals surface area contributed by atoms with E-state index in [1.165, 1.54) is 0 Å². The van der Waals surface area contributed by atoms with Gasteiger partial charge in [-0.2, -0.15) is 5.26 Å². The molecule has 3 heterocycles. The summed E-state index contributed by atoms with van der Waals surface area (Å²) in [6, 6.07) is 13.3. The van der Waals surface area contributed by atoms with Gasteiger partial charge >= 0.3 is 0 Å². The van der Waals surface area contributed by atoms with Gasteiger partial charge in [0.2, 0.25) is 11.8 Å². The highest BCUT2D eigenvalue weighted by Gasteiger charge is 2.38. The van der Waals surface area contributed by atoms with Gasteiger partial charge in [0.25, 0.3) is 0 Å². The molecule has 0 saturated heterocycles. The molecule has 4 rings (SSSR count). The number of aromatic amines is 1. The molecule has 1 atom stereocenters. The number of nitrogens with zero attached hydrogens (tertiary/aromatic N) is 3. The third-order valence-corrected chi connectivity index (χ3v) is 4.69. The number of allylic oxidation sites excluding steroid dienone is 1. The van der Waals surface area contributed by atoms with Crippen LogP contribution in [0.5, 0.6) is 17.4 Å². The van der Waals surface area contributed by atoms with Crippen molar-refractivity contribution in [2.75, 3.05) is 13.7 Å². The highest BCUT2D eigenvalue weighted by molar-refractivity contribution is 5.70. The average molecular weight is 389 g/mol. The fourth-order valence-corrected chi connectivity index (χ4v) is 3.48. The Morgan fingerprint density at radius 2 is 2.14 bits per heavy atom. The van der Waals surface area contributed by atoms with Crippen LogP contribution < -0.4 is 19.9 Å². The molecule has 1 aliphatic rings. The number of ether oxygens (including phenoxy) is 3. The van der Waals surface area contributed by atoms with Crippen LogP contribution in [0.1, 0.15) is 24.0 Å². The minimum Gasteiger partial charge on any atom is -0.493 e. The highest BCUT2D eigenvalue weighted by atomic mass is 16.5. The molecular formula is C21H19N5O3. The second kappa shape index (κ2) is 7.56. The molecular weight excluding hydrogens is 370 g/mol. The zero-order chi connectivity index (χ0) is 20.4. The van der Waals surface area contributed by atoms with E-state index in [2.05, 4.69) is 21.3 Å². The van der Waals surface area contributed by atoms with Gasteiger partial charge in [-0.15, -0.1) is 5.10 Å². The number of aromatic nitrogens is 3. The van der Waals surface area contributed by atoms with Crippen molar-refractivity contribution < 1.29 is 14.2 Å². The minimum atomic E-state index is -0.559. The monoisotopic (exact) mass is 389 g/mol. The lowest BCUT2D eigenvalue weighted by Gasteiger charge is -2.26. The Morgan fingerprint density at radius 1 is 1.28 bits per heavy atom. The van der Waals surface area contributed by atoms with Crippen LogP contribution in [-0.2, 0) is 0 Å². The number of H-pyrrole nitrogens is 1. The topological polar surface area (TPSA) is 119 Å². The molecule has 8 nitrogen and oxygen atoms in total. The number of hydrogen-bond acceptors (Lipinski definition) is 7. The lowest BCUT2D eigenvalue weighted by molar-refractivity contribution is 0.306. The van der Waals surface area contributed by atoms with Crippen LogP contribution in [0.2, 0.25) is 0 Å². The fraction of sp³-hybridized carbons (Fsp3) is 0.190. The number of pyridine rings is 1. The molecule has 1 aromatic carbocycles. The SMILES string of the molecule is CCOc1c(OC)cccc1[C@@H]1C(C#N)=C(N)Oc2n[nH]c(-c3ccccn3)c21. The number of nitrogens with one attached hydrogen (secondary N) is 1. The Labute approximate surface area is 167 Å². The van der Waals surface area contributed by atoms with Crippen molar-refractivity contribution in [2.24, 2.45) is 5.73 Å². The molecule has 146 valence electrons. The standard InChI is InChI=1S/C21H19N5O3/c1-3-28-19-12(7-6-9-15(19)27-2)16-13(11-22)20(23)29-21-17(16)18(25-26-21)14-8-4-5-10-24-14/h4-10,16H,3,23H2,1-2H3,(H,25,26)/t16-/m1/s1. The lowest BCUT2D eigenvalue weighted by atomic mass is 9.83. The Balaban J connectivity index is 1.99. The Kier molecular flexibility index (Phi) is 4.79. The average Bonchev–Trinajstić information content (AvgIpc) is 3.17. The van der Waals surface area contributed by atoms with Crippen molar-refractivity contribution in [3.63, 3.8) is 0 Å². The number of rotatable bonds is 5. The van der Waals surface area contributed by atoms with Crippen LogP contribution in [-0.4, -0.2) is 28.9 Å². The summed E-state index contributed by atoms with van der Waals surface area (Å²) in [5, 5.41) is 17.1. The molecule has 0 spiro atoms. The molecule has 0 aliphatic carbocycles. The van der Waals surface area contributed by atoms with Gasteiger partial charge in [0, 0.05) is 11.8 Å². The van der Waals surface area contributed by atoms with Gasteiger partial charge in [0.15, 0.2) is 11.5 Å². The highest BCUT2D eigenvalue weighted by Crippen LogP contribution is 2.49. The normalized spacial score (nSPS) is 15.3. The van der Waals surface area contributed by atoms with E-state index in [1.54, 1.807) is 13.3 Å². The smallest absolute Gasteiger partial charge is 0.244 e. The molecule has 0 radical (unpaired) electrons. The van der Waals surface area contributed by atoms with Gasteiger partial charge in [0.1, 0.15) is 11.6 Å². The van der Waals surface area contributed by atoms with Crippen LogP contribution in [0.3, 0.4) is 0 Å². The summed E-state index contributed by atoms with van der Waals surface area (Å²) in [5.41, 5.74) is 9.06. The van der Waals surface area contributed by atoms with Gasteiger partial charge < -0.3 is 19.9 Å². The maximum absolute atomic E-state index is 9.88. The Hall–Kier alpha value is -3.99. The number of benzene rings is 1. The first-order chi connectivity index (χ1) is 14.2. The van der Waals surface area contributed by atoms with E-state index in [-0.39, 0.29) is 11.5 Å². The predicted octanol–water partition coefficient (Wildman–Crippen LogP) is 3.10. The van der Waals surface area contributed by atoms with E-state index in [1.807, 2.05) is 43.3 Å². The van der Waals surface area contributed by atoms with E-state index in [0.717, 1.165) is 5.56 Å². The summed E-state index contributed by atoms with van der Waals surface area (Å²) < 4.78 is 17.0. The summed E-state index contributed by atoms with van der Waals surface area (Å²) in [7, 11) is 1.57. The van der Waals surface area contributed by atoms with Crippen LogP contribution in [0.15, 0.2) is 54.1 Å². The molecule has 0 saturated carbocycles. The molecule has 1 aliphatic heterocycles. The lowest BCUT2D eigenvalue weighted by Crippen LogP contribution is -2.21. The molecule has 8 heteroatoms. The molecule has 3 N–H and O–H groups in total. The van der Waals surface area contributed by atoms with Gasteiger partial charge in [-0.3, -0.25) is 10.1 Å². The molecule has 2 aromatic heterocycles. The molecule has 3 aromatic rings. The zero-order valence-corrected chi connectivity index (χ0v) is 16.0. The van der Waals surface area contributed by atoms with E-state index < -0.39 is 5.92 Å². The fourth-order valence-electron chi connectivity index (χ4n) is 3.48. The molecule has 0 amide bonds. The van der Waals surface area contributed by atoms with Crippen LogP contribution in [0.25, 0.3) is 11.4 Å². The summed E-state index contributed by atoms with van der Waals surface area (Å²) in [5.74, 6) is 0.864.